The number of hydrogen-bond donors (Lipinski definition) is 0. The molecule has 1 aliphatic rings. The Kier molecular flexibility index (Phi) is 2.79. The van der Waals surface area contributed by atoms with Crippen molar-refractivity contribution >= 4 is 6.47 Å². The molecule has 0 unspecified atom stereocenters. The SMILES string of the molecule is CC(C)=C[C@H]1[C@H](COC=O)C1(C)C. The van der Waals surface area contributed by atoms with E-state index < -0.39 is 0 Å². The largest absolute Gasteiger partial charge is 0.468 e. The second kappa shape index (κ2) is 3.52. The minimum absolute atomic E-state index is 0.306. The fourth-order valence-corrected chi connectivity index (χ4v) is 1.94. The Morgan fingerprint density at radius 2 is 2.08 bits per heavy atom. The molecule has 1 saturated carbocycles. The predicted molar refractivity (Wildman–Crippen MR) is 52.2 cm³/mol. The van der Waals surface area contributed by atoms with Crippen LogP contribution in [0.1, 0.15) is 27.7 Å². The predicted octanol–water partition coefficient (Wildman–Crippen LogP) is 2.40. The molecule has 1 aliphatic carbocycles. The molecule has 0 amide bonds. The van der Waals surface area contributed by atoms with Gasteiger partial charge in [0.2, 0.25) is 0 Å². The standard InChI is InChI=1S/C11H18O2/c1-8(2)5-9-10(6-13-7-12)11(9,3)4/h5,7,9-10H,6H2,1-4H3/t9-,10-/m0/s1. The van der Waals surface area contributed by atoms with Crippen LogP contribution in [0.3, 0.4) is 0 Å². The minimum Gasteiger partial charge on any atom is -0.468 e. The minimum atomic E-state index is 0.306. The second-order valence-electron chi connectivity index (χ2n) is 4.63. The van der Waals surface area contributed by atoms with Gasteiger partial charge in [-0.15, -0.1) is 0 Å². The molecule has 0 heterocycles. The topological polar surface area (TPSA) is 26.3 Å². The molecule has 1 rings (SSSR count). The molecule has 74 valence electrons. The lowest BCUT2D eigenvalue weighted by molar-refractivity contribution is -0.129. The van der Waals surface area contributed by atoms with Gasteiger partial charge in [-0.3, -0.25) is 4.79 Å². The first-order chi connectivity index (χ1) is 6.00. The van der Waals surface area contributed by atoms with Gasteiger partial charge in [-0.2, -0.15) is 0 Å². The number of carbonyl (C=O) groups excluding carboxylic acids is 1. The third-order valence-corrected chi connectivity index (χ3v) is 3.00. The van der Waals surface area contributed by atoms with Crippen LogP contribution in [0.2, 0.25) is 0 Å². The van der Waals surface area contributed by atoms with Crippen molar-refractivity contribution in [1.29, 1.82) is 0 Å². The molecule has 0 aromatic carbocycles. The smallest absolute Gasteiger partial charge is 0.293 e. The first-order valence-corrected chi connectivity index (χ1v) is 4.70. The van der Waals surface area contributed by atoms with Crippen molar-refractivity contribution in [1.82, 2.24) is 0 Å². The van der Waals surface area contributed by atoms with E-state index in [1.54, 1.807) is 0 Å². The average Bonchev–Trinajstić information content (AvgIpc) is 2.49. The quantitative estimate of drug-likeness (QED) is 0.493. The molecule has 0 aromatic rings. The van der Waals surface area contributed by atoms with Crippen molar-refractivity contribution in [3.8, 4) is 0 Å². The van der Waals surface area contributed by atoms with Gasteiger partial charge in [0.15, 0.2) is 0 Å². The molecule has 13 heavy (non-hydrogen) atoms. The van der Waals surface area contributed by atoms with Crippen molar-refractivity contribution in [3.05, 3.63) is 11.6 Å². The van der Waals surface area contributed by atoms with Crippen LogP contribution in [0.15, 0.2) is 11.6 Å². The van der Waals surface area contributed by atoms with Gasteiger partial charge in [-0.05, 0) is 25.2 Å². The van der Waals surface area contributed by atoms with Gasteiger partial charge in [-0.25, -0.2) is 0 Å². The molecule has 2 atom stereocenters. The summed E-state index contributed by atoms with van der Waals surface area (Å²) in [6.45, 7) is 9.74. The molecule has 0 bridgehead atoms. The summed E-state index contributed by atoms with van der Waals surface area (Å²) in [7, 11) is 0. The van der Waals surface area contributed by atoms with Crippen LogP contribution in [0.25, 0.3) is 0 Å². The molecule has 2 heteroatoms. The average molecular weight is 182 g/mol. The van der Waals surface area contributed by atoms with Crippen LogP contribution in [0.5, 0.6) is 0 Å². The summed E-state index contributed by atoms with van der Waals surface area (Å²) < 4.78 is 4.80. The van der Waals surface area contributed by atoms with Gasteiger partial charge in [0.1, 0.15) is 0 Å². The summed E-state index contributed by atoms with van der Waals surface area (Å²) in [6.07, 6.45) is 2.28. The van der Waals surface area contributed by atoms with Crippen molar-refractivity contribution in [2.75, 3.05) is 6.61 Å². The van der Waals surface area contributed by atoms with Gasteiger partial charge in [0.25, 0.3) is 6.47 Å². The second-order valence-corrected chi connectivity index (χ2v) is 4.63. The van der Waals surface area contributed by atoms with Gasteiger partial charge < -0.3 is 4.74 Å². The fourth-order valence-electron chi connectivity index (χ4n) is 1.94. The highest BCUT2D eigenvalue weighted by Crippen LogP contribution is 2.59. The maximum Gasteiger partial charge on any atom is 0.293 e. The Morgan fingerprint density at radius 3 is 2.54 bits per heavy atom. The van der Waals surface area contributed by atoms with E-state index in [9.17, 15) is 4.79 Å². The summed E-state index contributed by atoms with van der Waals surface area (Å²) >= 11 is 0. The van der Waals surface area contributed by atoms with Crippen LogP contribution >= 0.6 is 0 Å². The van der Waals surface area contributed by atoms with Crippen LogP contribution < -0.4 is 0 Å². The van der Waals surface area contributed by atoms with E-state index in [1.165, 1.54) is 5.57 Å². The first kappa shape index (κ1) is 10.3. The van der Waals surface area contributed by atoms with Crippen molar-refractivity contribution < 1.29 is 9.53 Å². The first-order valence-electron chi connectivity index (χ1n) is 4.70. The Morgan fingerprint density at radius 1 is 1.46 bits per heavy atom. The summed E-state index contributed by atoms with van der Waals surface area (Å²) in [4.78, 5) is 10.0. The Hall–Kier alpha value is -0.790. The van der Waals surface area contributed by atoms with Gasteiger partial charge in [0.05, 0.1) is 6.61 Å². The normalized spacial score (nSPS) is 29.2. The summed E-state index contributed by atoms with van der Waals surface area (Å²) in [5, 5.41) is 0. The van der Waals surface area contributed by atoms with Crippen LogP contribution in [-0.4, -0.2) is 13.1 Å². The third kappa shape index (κ3) is 2.11. The zero-order chi connectivity index (χ0) is 10.1. The van der Waals surface area contributed by atoms with E-state index in [-0.39, 0.29) is 0 Å². The number of carbonyl (C=O) groups is 1. The molecule has 0 spiro atoms. The maximum atomic E-state index is 10.0. The summed E-state index contributed by atoms with van der Waals surface area (Å²) in [6, 6.07) is 0. The lowest BCUT2D eigenvalue weighted by Crippen LogP contribution is -1.99. The Balaban J connectivity index is 2.50. The maximum absolute atomic E-state index is 10.0. The van der Waals surface area contributed by atoms with Crippen LogP contribution in [-0.2, 0) is 9.53 Å². The summed E-state index contributed by atoms with van der Waals surface area (Å²) in [5.74, 6) is 1.09. The molecule has 1 fully saturated rings. The van der Waals surface area contributed by atoms with Crippen molar-refractivity contribution in [2.24, 2.45) is 17.3 Å². The molecule has 0 saturated heterocycles. The molecule has 0 N–H and O–H groups in total. The van der Waals surface area contributed by atoms with Gasteiger partial charge in [0, 0.05) is 5.92 Å². The summed E-state index contributed by atoms with van der Waals surface area (Å²) in [5.41, 5.74) is 1.65. The zero-order valence-corrected chi connectivity index (χ0v) is 8.83. The highest BCUT2D eigenvalue weighted by atomic mass is 16.5. The number of allylic oxidation sites excluding steroid dienone is 2. The monoisotopic (exact) mass is 182 g/mol. The lowest BCUT2D eigenvalue weighted by atomic mass is 10.1. The van der Waals surface area contributed by atoms with E-state index in [2.05, 4.69) is 33.8 Å². The molecular weight excluding hydrogens is 164 g/mol. The number of ether oxygens (including phenoxy) is 1. The lowest BCUT2D eigenvalue weighted by Gasteiger charge is -1.99. The van der Waals surface area contributed by atoms with E-state index in [0.717, 1.165) is 0 Å². The molecule has 0 aliphatic heterocycles. The van der Waals surface area contributed by atoms with E-state index >= 15 is 0 Å². The number of hydrogen-bond acceptors (Lipinski definition) is 2. The van der Waals surface area contributed by atoms with Crippen molar-refractivity contribution in [2.45, 2.75) is 27.7 Å². The Labute approximate surface area is 80.0 Å². The molecule has 0 radical (unpaired) electrons. The molecular formula is C11H18O2. The van der Waals surface area contributed by atoms with E-state index in [1.807, 2.05) is 0 Å². The van der Waals surface area contributed by atoms with E-state index in [4.69, 9.17) is 4.74 Å². The molecule has 2 nitrogen and oxygen atoms in total. The van der Waals surface area contributed by atoms with Gasteiger partial charge in [-0.1, -0.05) is 25.5 Å². The van der Waals surface area contributed by atoms with Gasteiger partial charge >= 0.3 is 0 Å². The highest BCUT2D eigenvalue weighted by Gasteiger charge is 2.56. The van der Waals surface area contributed by atoms with Crippen molar-refractivity contribution in [3.63, 3.8) is 0 Å². The highest BCUT2D eigenvalue weighted by molar-refractivity contribution is 5.37. The third-order valence-electron chi connectivity index (χ3n) is 3.00. The molecule has 0 aromatic heterocycles. The van der Waals surface area contributed by atoms with Crippen LogP contribution in [0, 0.1) is 17.3 Å². The fraction of sp³-hybridized carbons (Fsp3) is 0.727. The Bertz CT molecular complexity index is 224. The zero-order valence-electron chi connectivity index (χ0n) is 8.83. The number of rotatable bonds is 4. The van der Waals surface area contributed by atoms with Crippen LogP contribution in [0.4, 0.5) is 0 Å². The van der Waals surface area contributed by atoms with E-state index in [0.29, 0.717) is 30.3 Å².